The summed E-state index contributed by atoms with van der Waals surface area (Å²) < 4.78 is 35.9. The summed E-state index contributed by atoms with van der Waals surface area (Å²) >= 11 is 0. The number of aromatic nitrogens is 1. The normalized spacial score (nSPS) is 11.1. The number of hydrogen-bond donors (Lipinski definition) is 1. The number of aromatic carboxylic acids is 1. The van der Waals surface area contributed by atoms with E-state index < -0.39 is 23.8 Å². The smallest absolute Gasteiger partial charge is 0.374 e. The van der Waals surface area contributed by atoms with Crippen LogP contribution in [-0.2, 0) is 0 Å². The molecule has 0 fully saturated rings. The zero-order valence-electron chi connectivity index (χ0n) is 11.3. The third-order valence-corrected chi connectivity index (χ3v) is 2.51. The van der Waals surface area contributed by atoms with Crippen LogP contribution < -0.4 is 4.74 Å². The molecule has 5 nitrogen and oxygen atoms in total. The topological polar surface area (TPSA) is 72.6 Å². The highest BCUT2D eigenvalue weighted by Crippen LogP contribution is 2.30. The highest BCUT2D eigenvalue weighted by Gasteiger charge is 2.26. The van der Waals surface area contributed by atoms with Crippen molar-refractivity contribution in [3.05, 3.63) is 35.7 Å². The van der Waals surface area contributed by atoms with Crippen molar-refractivity contribution in [3.63, 3.8) is 0 Å². The molecule has 2 aromatic rings. The van der Waals surface area contributed by atoms with Crippen molar-refractivity contribution in [3.8, 4) is 17.2 Å². The Kier molecular flexibility index (Phi) is 4.21. The molecule has 0 atom stereocenters. The molecule has 2 rings (SSSR count). The molecule has 0 aliphatic heterocycles. The average Bonchev–Trinajstić information content (AvgIpc) is 2.83. The van der Waals surface area contributed by atoms with Gasteiger partial charge in [0.1, 0.15) is 5.75 Å². The molecule has 0 amide bonds. The van der Waals surface area contributed by atoms with E-state index in [1.165, 1.54) is 0 Å². The van der Waals surface area contributed by atoms with Gasteiger partial charge in [-0.3, -0.25) is 0 Å². The second-order valence-electron chi connectivity index (χ2n) is 4.53. The van der Waals surface area contributed by atoms with E-state index in [0.717, 1.165) is 0 Å². The Morgan fingerprint density at radius 2 is 2.10 bits per heavy atom. The average molecular weight is 297 g/mol. The van der Waals surface area contributed by atoms with Crippen LogP contribution in [0.3, 0.4) is 0 Å². The van der Waals surface area contributed by atoms with Gasteiger partial charge in [-0.1, -0.05) is 6.07 Å². The molecule has 0 bridgehead atoms. The first kappa shape index (κ1) is 15.0. The minimum absolute atomic E-state index is 0.0592. The number of alkyl halides is 2. The van der Waals surface area contributed by atoms with E-state index in [2.05, 4.69) is 4.98 Å². The van der Waals surface area contributed by atoms with Crippen molar-refractivity contribution < 1.29 is 27.8 Å². The van der Waals surface area contributed by atoms with E-state index in [1.807, 2.05) is 13.8 Å². The highest BCUT2D eigenvalue weighted by atomic mass is 19.3. The van der Waals surface area contributed by atoms with Gasteiger partial charge in [0.05, 0.1) is 6.10 Å². The van der Waals surface area contributed by atoms with Crippen LogP contribution in [0.5, 0.6) is 5.75 Å². The van der Waals surface area contributed by atoms with Gasteiger partial charge < -0.3 is 14.3 Å². The quantitative estimate of drug-likeness (QED) is 0.909. The van der Waals surface area contributed by atoms with Gasteiger partial charge in [-0.2, -0.15) is 0 Å². The first-order chi connectivity index (χ1) is 9.88. The van der Waals surface area contributed by atoms with Crippen LogP contribution >= 0.6 is 0 Å². The number of carboxylic acid groups (broad SMARTS) is 1. The fourth-order valence-electron chi connectivity index (χ4n) is 1.73. The summed E-state index contributed by atoms with van der Waals surface area (Å²) in [6.45, 7) is 3.69. The number of carboxylic acids is 1. The molecule has 0 unspecified atom stereocenters. The largest absolute Gasteiger partial charge is 0.491 e. The van der Waals surface area contributed by atoms with Crippen molar-refractivity contribution in [2.75, 3.05) is 0 Å². The lowest BCUT2D eigenvalue weighted by Crippen LogP contribution is -2.05. The fraction of sp³-hybridized carbons (Fsp3) is 0.286. The van der Waals surface area contributed by atoms with Gasteiger partial charge in [0.15, 0.2) is 5.69 Å². The van der Waals surface area contributed by atoms with Crippen molar-refractivity contribution in [1.29, 1.82) is 0 Å². The number of ether oxygens (including phenoxy) is 1. The van der Waals surface area contributed by atoms with Crippen LogP contribution in [0.25, 0.3) is 11.5 Å². The number of oxazole rings is 1. The maximum absolute atomic E-state index is 12.8. The molecule has 1 aromatic heterocycles. The second kappa shape index (κ2) is 5.90. The first-order valence-electron chi connectivity index (χ1n) is 6.17. The van der Waals surface area contributed by atoms with Crippen molar-refractivity contribution in [2.45, 2.75) is 26.4 Å². The molecule has 0 saturated carbocycles. The molecule has 7 heteroatoms. The number of nitrogens with zero attached hydrogens (tertiary/aromatic N) is 1. The van der Waals surface area contributed by atoms with Crippen LogP contribution in [0, 0.1) is 0 Å². The van der Waals surface area contributed by atoms with Crippen molar-refractivity contribution in [2.24, 2.45) is 0 Å². The standard InChI is InChI=1S/C14H13F2NO4/c1-7(2)20-9-5-3-4-8(6-9)13-17-10(12(15)16)11(21-13)14(18)19/h3-7,12H,1-2H3,(H,18,19). The third-order valence-electron chi connectivity index (χ3n) is 2.51. The monoisotopic (exact) mass is 297 g/mol. The second-order valence-corrected chi connectivity index (χ2v) is 4.53. The number of carbonyl (C=O) groups is 1. The molecular formula is C14H13F2NO4. The molecule has 1 heterocycles. The van der Waals surface area contributed by atoms with Crippen LogP contribution in [0.4, 0.5) is 8.78 Å². The SMILES string of the molecule is CC(C)Oc1cccc(-c2nc(C(F)F)c(C(=O)O)o2)c1. The minimum atomic E-state index is -3.02. The van der Waals surface area contributed by atoms with Crippen LogP contribution in [0.1, 0.15) is 36.5 Å². The van der Waals surface area contributed by atoms with E-state index in [0.29, 0.717) is 11.3 Å². The molecule has 1 aromatic carbocycles. The number of hydrogen-bond acceptors (Lipinski definition) is 4. The van der Waals surface area contributed by atoms with Crippen LogP contribution in [0.2, 0.25) is 0 Å². The predicted molar refractivity (Wildman–Crippen MR) is 69.6 cm³/mol. The highest BCUT2D eigenvalue weighted by molar-refractivity contribution is 5.86. The van der Waals surface area contributed by atoms with Crippen molar-refractivity contribution >= 4 is 5.97 Å². The summed E-state index contributed by atoms with van der Waals surface area (Å²) in [4.78, 5) is 14.5. The Morgan fingerprint density at radius 1 is 1.38 bits per heavy atom. The first-order valence-corrected chi connectivity index (χ1v) is 6.17. The Hall–Kier alpha value is -2.44. The van der Waals surface area contributed by atoms with E-state index in [9.17, 15) is 13.6 Å². The minimum Gasteiger partial charge on any atom is -0.491 e. The number of benzene rings is 1. The maximum Gasteiger partial charge on any atom is 0.374 e. The summed E-state index contributed by atoms with van der Waals surface area (Å²) in [7, 11) is 0. The maximum atomic E-state index is 12.8. The number of halogens is 2. The molecule has 0 spiro atoms. The Balaban J connectivity index is 2.42. The molecular weight excluding hydrogens is 284 g/mol. The molecule has 1 N–H and O–H groups in total. The Morgan fingerprint density at radius 3 is 2.62 bits per heavy atom. The summed E-state index contributed by atoms with van der Waals surface area (Å²) in [5, 5.41) is 8.86. The molecule has 0 saturated heterocycles. The summed E-state index contributed by atoms with van der Waals surface area (Å²) in [6, 6.07) is 6.45. The van der Waals surface area contributed by atoms with E-state index >= 15 is 0 Å². The van der Waals surface area contributed by atoms with Gasteiger partial charge >= 0.3 is 5.97 Å². The van der Waals surface area contributed by atoms with Crippen LogP contribution in [-0.4, -0.2) is 22.2 Å². The molecule has 112 valence electrons. The molecule has 0 aliphatic carbocycles. The van der Waals surface area contributed by atoms with Gasteiger partial charge in [-0.05, 0) is 32.0 Å². The van der Waals surface area contributed by atoms with E-state index in [-0.39, 0.29) is 12.0 Å². The predicted octanol–water partition coefficient (Wildman–Crippen LogP) is 3.76. The van der Waals surface area contributed by atoms with Gasteiger partial charge in [0.25, 0.3) is 6.43 Å². The lowest BCUT2D eigenvalue weighted by atomic mass is 10.2. The third kappa shape index (κ3) is 3.36. The fourth-order valence-corrected chi connectivity index (χ4v) is 1.73. The molecule has 21 heavy (non-hydrogen) atoms. The number of rotatable bonds is 5. The van der Waals surface area contributed by atoms with Gasteiger partial charge in [-0.15, -0.1) is 0 Å². The summed E-state index contributed by atoms with van der Waals surface area (Å²) in [5.74, 6) is -2.11. The van der Waals surface area contributed by atoms with E-state index in [1.54, 1.807) is 24.3 Å². The van der Waals surface area contributed by atoms with Gasteiger partial charge in [0.2, 0.25) is 11.7 Å². The molecule has 0 aliphatic rings. The van der Waals surface area contributed by atoms with Gasteiger partial charge in [0, 0.05) is 5.56 Å². The zero-order valence-corrected chi connectivity index (χ0v) is 11.3. The molecule has 0 radical (unpaired) electrons. The lowest BCUT2D eigenvalue weighted by molar-refractivity contribution is 0.0647. The van der Waals surface area contributed by atoms with E-state index in [4.69, 9.17) is 14.3 Å². The lowest BCUT2D eigenvalue weighted by Gasteiger charge is -2.09. The Bertz CT molecular complexity index is 652. The summed E-state index contributed by atoms with van der Waals surface area (Å²) in [5.41, 5.74) is -0.518. The zero-order chi connectivity index (χ0) is 15.6. The van der Waals surface area contributed by atoms with Crippen molar-refractivity contribution in [1.82, 2.24) is 4.98 Å². The summed E-state index contributed by atoms with van der Waals surface area (Å²) in [6.07, 6.45) is -3.08. The van der Waals surface area contributed by atoms with Gasteiger partial charge in [-0.25, -0.2) is 18.6 Å². The van der Waals surface area contributed by atoms with Crippen LogP contribution in [0.15, 0.2) is 28.7 Å². The Labute approximate surface area is 119 Å².